The number of carbonyl (C=O) groups is 1. The van der Waals surface area contributed by atoms with E-state index in [2.05, 4.69) is 13.0 Å². The molecule has 0 aromatic heterocycles. The Morgan fingerprint density at radius 2 is 1.48 bits per heavy atom. The number of ether oxygens (including phenoxy) is 1. The summed E-state index contributed by atoms with van der Waals surface area (Å²) < 4.78 is 6.22. The lowest BCUT2D eigenvalue weighted by atomic mass is 10.1. The van der Waals surface area contributed by atoms with Crippen LogP contribution in [-0.4, -0.2) is 44.2 Å². The summed E-state index contributed by atoms with van der Waals surface area (Å²) in [5.74, 6) is -1.07. The molecule has 0 bridgehead atoms. The van der Waals surface area contributed by atoms with Gasteiger partial charge in [-0.25, -0.2) is 0 Å². The first-order valence-electron chi connectivity index (χ1n) is 10.8. The summed E-state index contributed by atoms with van der Waals surface area (Å²) in [7, 11) is 6.05. The largest absolute Gasteiger partial charge is 0.550 e. The molecule has 0 saturated heterocycles. The second-order valence-electron chi connectivity index (χ2n) is 8.53. The van der Waals surface area contributed by atoms with Gasteiger partial charge >= 0.3 is 0 Å². The van der Waals surface area contributed by atoms with Gasteiger partial charge in [-0.15, -0.1) is 0 Å². The predicted octanol–water partition coefficient (Wildman–Crippen LogP) is 4.60. The molecule has 1 atom stereocenters. The van der Waals surface area contributed by atoms with Gasteiger partial charge in [0.05, 0.1) is 27.4 Å². The zero-order valence-electron chi connectivity index (χ0n) is 18.3. The molecular formula is C23H43NO3. The Hall–Kier alpha value is -1.29. The summed E-state index contributed by atoms with van der Waals surface area (Å²) in [6.45, 7) is 2.89. The molecule has 0 aromatic carbocycles. The maximum Gasteiger partial charge on any atom is 0.152 e. The molecule has 0 aliphatic rings. The SMILES string of the molecule is CCCCCCCCCCCCC=CC=COC(CC(=O)[O-])C[N+](C)(C)C. The van der Waals surface area contributed by atoms with Crippen LogP contribution in [0, 0.1) is 0 Å². The first kappa shape index (κ1) is 25.7. The molecule has 0 rings (SSSR count). The van der Waals surface area contributed by atoms with E-state index < -0.39 is 5.97 Å². The van der Waals surface area contributed by atoms with Gasteiger partial charge in [0.15, 0.2) is 6.10 Å². The Balaban J connectivity index is 3.69. The molecule has 0 radical (unpaired) electrons. The number of rotatable bonds is 18. The quantitative estimate of drug-likeness (QED) is 0.151. The number of hydrogen-bond donors (Lipinski definition) is 0. The summed E-state index contributed by atoms with van der Waals surface area (Å²) in [6.07, 6.45) is 21.8. The van der Waals surface area contributed by atoms with Crippen molar-refractivity contribution in [2.24, 2.45) is 0 Å². The summed E-state index contributed by atoms with van der Waals surface area (Å²) in [5, 5.41) is 10.8. The molecule has 27 heavy (non-hydrogen) atoms. The van der Waals surface area contributed by atoms with Gasteiger partial charge in [0, 0.05) is 12.4 Å². The van der Waals surface area contributed by atoms with Crippen molar-refractivity contribution in [3.05, 3.63) is 24.5 Å². The monoisotopic (exact) mass is 381 g/mol. The van der Waals surface area contributed by atoms with Crippen LogP contribution in [0.1, 0.15) is 84.0 Å². The molecular weight excluding hydrogens is 338 g/mol. The van der Waals surface area contributed by atoms with E-state index in [1.165, 1.54) is 64.2 Å². The Bertz CT molecular complexity index is 410. The second kappa shape index (κ2) is 16.9. The van der Waals surface area contributed by atoms with Crippen molar-refractivity contribution in [2.45, 2.75) is 90.1 Å². The molecule has 4 heteroatoms. The van der Waals surface area contributed by atoms with Gasteiger partial charge in [0.25, 0.3) is 0 Å². The molecule has 158 valence electrons. The number of carboxylic acid groups (broad SMARTS) is 1. The van der Waals surface area contributed by atoms with Crippen molar-refractivity contribution < 1.29 is 19.1 Å². The third kappa shape index (κ3) is 20.9. The third-order valence-corrected chi connectivity index (χ3v) is 4.47. The zero-order chi connectivity index (χ0) is 20.4. The van der Waals surface area contributed by atoms with Gasteiger partial charge in [0.1, 0.15) is 6.54 Å². The smallest absolute Gasteiger partial charge is 0.152 e. The highest BCUT2D eigenvalue weighted by Gasteiger charge is 2.18. The Morgan fingerprint density at radius 3 is 2.00 bits per heavy atom. The van der Waals surface area contributed by atoms with Crippen LogP contribution in [0.5, 0.6) is 0 Å². The highest BCUT2D eigenvalue weighted by atomic mass is 16.5. The highest BCUT2D eigenvalue weighted by Crippen LogP contribution is 2.11. The molecule has 0 saturated carbocycles. The molecule has 1 unspecified atom stereocenters. The maximum absolute atomic E-state index is 10.8. The number of likely N-dealkylation sites (N-methyl/N-ethyl adjacent to an activating group) is 1. The molecule has 0 N–H and O–H groups in total. The average Bonchev–Trinajstić information content (AvgIpc) is 2.56. The minimum Gasteiger partial charge on any atom is -0.550 e. The molecule has 0 amide bonds. The number of carboxylic acids is 1. The van der Waals surface area contributed by atoms with Crippen LogP contribution in [0.2, 0.25) is 0 Å². The number of hydrogen-bond acceptors (Lipinski definition) is 3. The molecule has 0 aromatic rings. The van der Waals surface area contributed by atoms with Crippen LogP contribution in [0.25, 0.3) is 0 Å². The Labute approximate surface area is 167 Å². The lowest BCUT2D eigenvalue weighted by Crippen LogP contribution is -2.44. The molecule has 0 aliphatic heterocycles. The third-order valence-electron chi connectivity index (χ3n) is 4.47. The number of aliphatic carboxylic acids is 1. The van der Waals surface area contributed by atoms with Gasteiger partial charge in [0.2, 0.25) is 0 Å². The predicted molar refractivity (Wildman–Crippen MR) is 112 cm³/mol. The first-order valence-corrected chi connectivity index (χ1v) is 10.8. The van der Waals surface area contributed by atoms with Gasteiger partial charge in [-0.2, -0.15) is 0 Å². The van der Waals surface area contributed by atoms with Crippen LogP contribution in [0.4, 0.5) is 0 Å². The zero-order valence-corrected chi connectivity index (χ0v) is 18.3. The maximum atomic E-state index is 10.8. The van der Waals surface area contributed by atoms with E-state index in [-0.39, 0.29) is 12.5 Å². The van der Waals surface area contributed by atoms with Crippen molar-refractivity contribution in [3.63, 3.8) is 0 Å². The first-order chi connectivity index (χ1) is 12.8. The number of allylic oxidation sites excluding steroid dienone is 3. The average molecular weight is 382 g/mol. The number of carbonyl (C=O) groups excluding carboxylic acids is 1. The van der Waals surface area contributed by atoms with E-state index in [1.54, 1.807) is 6.26 Å². The molecule has 0 aliphatic carbocycles. The fourth-order valence-electron chi connectivity index (χ4n) is 3.08. The lowest BCUT2D eigenvalue weighted by molar-refractivity contribution is -0.873. The van der Waals surface area contributed by atoms with E-state index >= 15 is 0 Å². The van der Waals surface area contributed by atoms with Crippen LogP contribution >= 0.6 is 0 Å². The van der Waals surface area contributed by atoms with Crippen molar-refractivity contribution in [2.75, 3.05) is 27.7 Å². The molecule has 0 heterocycles. The lowest BCUT2D eigenvalue weighted by Gasteiger charge is -2.28. The second-order valence-corrected chi connectivity index (χ2v) is 8.53. The van der Waals surface area contributed by atoms with E-state index in [1.807, 2.05) is 33.3 Å². The van der Waals surface area contributed by atoms with Gasteiger partial charge < -0.3 is 19.1 Å². The molecule has 0 fully saturated rings. The Morgan fingerprint density at radius 1 is 0.926 bits per heavy atom. The topological polar surface area (TPSA) is 49.4 Å². The van der Waals surface area contributed by atoms with E-state index in [9.17, 15) is 9.90 Å². The summed E-state index contributed by atoms with van der Waals surface area (Å²) in [5.41, 5.74) is 0. The van der Waals surface area contributed by atoms with E-state index in [0.29, 0.717) is 11.0 Å². The Kier molecular flexibility index (Phi) is 16.0. The standard InChI is InChI=1S/C23H43NO3/c1-5-6-7-8-9-10-11-12-13-14-15-16-17-18-19-27-22(20-23(25)26)21-24(2,3)4/h16-19,22H,5-15,20-21H2,1-4H3. The van der Waals surface area contributed by atoms with Crippen molar-refractivity contribution in [1.82, 2.24) is 0 Å². The van der Waals surface area contributed by atoms with Gasteiger partial charge in [-0.05, 0) is 18.9 Å². The van der Waals surface area contributed by atoms with Crippen molar-refractivity contribution in [3.8, 4) is 0 Å². The van der Waals surface area contributed by atoms with E-state index in [4.69, 9.17) is 4.74 Å². The minimum atomic E-state index is -1.07. The van der Waals surface area contributed by atoms with Gasteiger partial charge in [-0.1, -0.05) is 76.9 Å². The fraction of sp³-hybridized carbons (Fsp3) is 0.783. The van der Waals surface area contributed by atoms with Gasteiger partial charge in [-0.3, -0.25) is 0 Å². The van der Waals surface area contributed by atoms with Crippen LogP contribution in [0.3, 0.4) is 0 Å². The normalized spacial score (nSPS) is 13.5. The van der Waals surface area contributed by atoms with Crippen LogP contribution < -0.4 is 5.11 Å². The number of unbranched alkanes of at least 4 members (excludes halogenated alkanes) is 10. The molecule has 4 nitrogen and oxygen atoms in total. The summed E-state index contributed by atoms with van der Waals surface area (Å²) >= 11 is 0. The van der Waals surface area contributed by atoms with E-state index in [0.717, 1.165) is 6.42 Å². The van der Waals surface area contributed by atoms with Crippen LogP contribution in [-0.2, 0) is 9.53 Å². The number of nitrogens with zero attached hydrogens (tertiary/aromatic N) is 1. The number of quaternary nitrogens is 1. The summed E-state index contributed by atoms with van der Waals surface area (Å²) in [4.78, 5) is 10.8. The highest BCUT2D eigenvalue weighted by molar-refractivity contribution is 5.64. The fourth-order valence-corrected chi connectivity index (χ4v) is 3.08. The minimum absolute atomic E-state index is 0.0812. The summed E-state index contributed by atoms with van der Waals surface area (Å²) in [6, 6.07) is 0. The van der Waals surface area contributed by atoms with Crippen molar-refractivity contribution in [1.29, 1.82) is 0 Å². The van der Waals surface area contributed by atoms with Crippen molar-refractivity contribution >= 4 is 5.97 Å². The molecule has 0 spiro atoms. The van der Waals surface area contributed by atoms with Crippen LogP contribution in [0.15, 0.2) is 24.5 Å².